The number of carbonyl (C=O) groups is 5. The SMILES string of the molecule is CC(C)CC(NC(=O)C(Cc1ccccc1)NC(=O)C(N)CCC(=O)O)C(=O)NC(C)C(=O)O. The third kappa shape index (κ3) is 10.4. The summed E-state index contributed by atoms with van der Waals surface area (Å²) < 4.78 is 0. The third-order valence-corrected chi connectivity index (χ3v) is 4.99. The number of hydrogen-bond acceptors (Lipinski definition) is 6. The van der Waals surface area contributed by atoms with Gasteiger partial charge in [0.05, 0.1) is 6.04 Å². The van der Waals surface area contributed by atoms with Crippen molar-refractivity contribution in [2.75, 3.05) is 0 Å². The van der Waals surface area contributed by atoms with Gasteiger partial charge in [0.1, 0.15) is 18.1 Å². The second-order valence-corrected chi connectivity index (χ2v) is 8.55. The van der Waals surface area contributed by atoms with Crippen molar-refractivity contribution in [3.63, 3.8) is 0 Å². The van der Waals surface area contributed by atoms with E-state index in [9.17, 15) is 24.0 Å². The maximum atomic E-state index is 13.1. The van der Waals surface area contributed by atoms with Gasteiger partial charge in [-0.2, -0.15) is 0 Å². The number of rotatable bonds is 14. The first-order chi connectivity index (χ1) is 15.9. The summed E-state index contributed by atoms with van der Waals surface area (Å²) in [5, 5.41) is 25.4. The van der Waals surface area contributed by atoms with Gasteiger partial charge in [-0.05, 0) is 31.2 Å². The summed E-state index contributed by atoms with van der Waals surface area (Å²) in [6.45, 7) is 5.00. The van der Waals surface area contributed by atoms with Crippen LogP contribution in [0.2, 0.25) is 0 Å². The minimum absolute atomic E-state index is 0.00258. The Morgan fingerprint density at radius 1 is 0.853 bits per heavy atom. The van der Waals surface area contributed by atoms with E-state index in [4.69, 9.17) is 15.9 Å². The van der Waals surface area contributed by atoms with Crippen molar-refractivity contribution >= 4 is 29.7 Å². The molecule has 7 N–H and O–H groups in total. The van der Waals surface area contributed by atoms with Crippen LogP contribution in [0.4, 0.5) is 0 Å². The van der Waals surface area contributed by atoms with Gasteiger partial charge in [0.2, 0.25) is 17.7 Å². The highest BCUT2D eigenvalue weighted by atomic mass is 16.4. The fraction of sp³-hybridized carbons (Fsp3) is 0.522. The molecule has 11 heteroatoms. The van der Waals surface area contributed by atoms with Gasteiger partial charge in [-0.25, -0.2) is 0 Å². The van der Waals surface area contributed by atoms with Gasteiger partial charge in [-0.3, -0.25) is 24.0 Å². The molecule has 188 valence electrons. The van der Waals surface area contributed by atoms with Crippen molar-refractivity contribution in [3.05, 3.63) is 35.9 Å². The Hall–Kier alpha value is -3.47. The molecule has 4 unspecified atom stereocenters. The van der Waals surface area contributed by atoms with Gasteiger partial charge in [0.25, 0.3) is 0 Å². The minimum Gasteiger partial charge on any atom is -0.481 e. The van der Waals surface area contributed by atoms with E-state index in [1.165, 1.54) is 6.92 Å². The zero-order valence-electron chi connectivity index (χ0n) is 19.6. The molecular weight excluding hydrogens is 444 g/mol. The van der Waals surface area contributed by atoms with Crippen LogP contribution in [0.3, 0.4) is 0 Å². The molecule has 11 nitrogen and oxygen atoms in total. The predicted octanol–water partition coefficient (Wildman–Crippen LogP) is 0.0262. The van der Waals surface area contributed by atoms with Gasteiger partial charge in [0, 0.05) is 12.8 Å². The Labute approximate surface area is 198 Å². The number of nitrogens with one attached hydrogen (secondary N) is 3. The summed E-state index contributed by atoms with van der Waals surface area (Å²) in [4.78, 5) is 60.2. The van der Waals surface area contributed by atoms with Crippen LogP contribution in [0, 0.1) is 5.92 Å². The molecule has 4 atom stereocenters. The number of hydrogen-bond donors (Lipinski definition) is 6. The minimum atomic E-state index is -1.22. The molecule has 0 bridgehead atoms. The lowest BCUT2D eigenvalue weighted by molar-refractivity contribution is -0.142. The lowest BCUT2D eigenvalue weighted by Crippen LogP contribution is -2.57. The largest absolute Gasteiger partial charge is 0.481 e. The molecule has 0 aliphatic rings. The molecule has 0 aliphatic carbocycles. The molecule has 3 amide bonds. The monoisotopic (exact) mass is 478 g/mol. The average Bonchev–Trinajstić information content (AvgIpc) is 2.76. The van der Waals surface area contributed by atoms with E-state index in [1.54, 1.807) is 30.3 Å². The van der Waals surface area contributed by atoms with E-state index in [1.807, 2.05) is 13.8 Å². The van der Waals surface area contributed by atoms with Crippen LogP contribution >= 0.6 is 0 Å². The lowest BCUT2D eigenvalue weighted by Gasteiger charge is -2.25. The maximum absolute atomic E-state index is 13.1. The smallest absolute Gasteiger partial charge is 0.325 e. The van der Waals surface area contributed by atoms with E-state index < -0.39 is 53.8 Å². The molecule has 1 rings (SSSR count). The summed E-state index contributed by atoms with van der Waals surface area (Å²) >= 11 is 0. The Kier molecular flexibility index (Phi) is 11.7. The summed E-state index contributed by atoms with van der Waals surface area (Å²) in [5.41, 5.74) is 6.52. The number of nitrogens with two attached hydrogens (primary N) is 1. The first-order valence-corrected chi connectivity index (χ1v) is 11.1. The number of benzene rings is 1. The molecule has 0 saturated carbocycles. The normalized spacial score (nSPS) is 14.4. The lowest BCUT2D eigenvalue weighted by atomic mass is 10.0. The van der Waals surface area contributed by atoms with Crippen molar-refractivity contribution in [2.45, 2.75) is 70.6 Å². The van der Waals surface area contributed by atoms with Gasteiger partial charge >= 0.3 is 11.9 Å². The molecule has 0 aliphatic heterocycles. The van der Waals surface area contributed by atoms with E-state index in [0.29, 0.717) is 0 Å². The summed E-state index contributed by atoms with van der Waals surface area (Å²) in [6, 6.07) is 4.48. The summed E-state index contributed by atoms with van der Waals surface area (Å²) in [5.74, 6) is -4.30. The number of carboxylic acid groups (broad SMARTS) is 2. The van der Waals surface area contributed by atoms with Crippen molar-refractivity contribution in [2.24, 2.45) is 11.7 Å². The zero-order chi connectivity index (χ0) is 25.8. The number of amides is 3. The quantitative estimate of drug-likeness (QED) is 0.216. The van der Waals surface area contributed by atoms with Crippen LogP contribution in [-0.4, -0.2) is 64.0 Å². The second-order valence-electron chi connectivity index (χ2n) is 8.55. The number of carboxylic acids is 2. The van der Waals surface area contributed by atoms with Crippen LogP contribution < -0.4 is 21.7 Å². The molecule has 1 aromatic carbocycles. The number of carbonyl (C=O) groups excluding carboxylic acids is 3. The molecule has 0 saturated heterocycles. The third-order valence-electron chi connectivity index (χ3n) is 4.99. The molecule has 0 radical (unpaired) electrons. The molecule has 34 heavy (non-hydrogen) atoms. The Balaban J connectivity index is 3.03. The predicted molar refractivity (Wildman–Crippen MR) is 124 cm³/mol. The topological polar surface area (TPSA) is 188 Å². The Morgan fingerprint density at radius 3 is 1.94 bits per heavy atom. The molecule has 0 spiro atoms. The van der Waals surface area contributed by atoms with E-state index in [-0.39, 0.29) is 31.6 Å². The van der Waals surface area contributed by atoms with E-state index in [0.717, 1.165) is 5.56 Å². The van der Waals surface area contributed by atoms with Crippen LogP contribution in [0.1, 0.15) is 45.6 Å². The van der Waals surface area contributed by atoms with Gasteiger partial charge in [-0.1, -0.05) is 44.2 Å². The Bertz CT molecular complexity index is 860. The van der Waals surface area contributed by atoms with Crippen molar-refractivity contribution in [3.8, 4) is 0 Å². The summed E-state index contributed by atoms with van der Waals surface area (Å²) in [7, 11) is 0. The highest BCUT2D eigenvalue weighted by Gasteiger charge is 2.30. The highest BCUT2D eigenvalue weighted by Crippen LogP contribution is 2.09. The first-order valence-electron chi connectivity index (χ1n) is 11.1. The van der Waals surface area contributed by atoms with Gasteiger partial charge in [-0.15, -0.1) is 0 Å². The molecular formula is C23H34N4O7. The van der Waals surface area contributed by atoms with Crippen LogP contribution in [0.15, 0.2) is 30.3 Å². The zero-order valence-corrected chi connectivity index (χ0v) is 19.6. The molecule has 1 aromatic rings. The van der Waals surface area contributed by atoms with Crippen molar-refractivity contribution in [1.82, 2.24) is 16.0 Å². The Morgan fingerprint density at radius 2 is 1.41 bits per heavy atom. The first kappa shape index (κ1) is 28.6. The van der Waals surface area contributed by atoms with Crippen molar-refractivity contribution in [1.29, 1.82) is 0 Å². The number of aliphatic carboxylic acids is 2. The standard InChI is InChI=1S/C23H34N4O7/c1-13(2)11-17(21(31)25-14(3)23(33)34)27-22(32)18(12-15-7-5-4-6-8-15)26-20(30)16(24)9-10-19(28)29/h4-8,13-14,16-18H,9-12,24H2,1-3H3,(H,25,31)(H,26,30)(H,27,32)(H,28,29)(H,33,34). The van der Waals surface area contributed by atoms with E-state index in [2.05, 4.69) is 16.0 Å². The van der Waals surface area contributed by atoms with Crippen LogP contribution in [0.25, 0.3) is 0 Å². The summed E-state index contributed by atoms with van der Waals surface area (Å²) in [6.07, 6.45) is -0.0610. The van der Waals surface area contributed by atoms with Gasteiger partial charge < -0.3 is 31.9 Å². The second kappa shape index (κ2) is 13.9. The average molecular weight is 479 g/mol. The maximum Gasteiger partial charge on any atom is 0.325 e. The van der Waals surface area contributed by atoms with Gasteiger partial charge in [0.15, 0.2) is 0 Å². The van der Waals surface area contributed by atoms with E-state index >= 15 is 0 Å². The van der Waals surface area contributed by atoms with Crippen molar-refractivity contribution < 1.29 is 34.2 Å². The van der Waals surface area contributed by atoms with Crippen LogP contribution in [0.5, 0.6) is 0 Å². The fourth-order valence-corrected chi connectivity index (χ4v) is 3.10. The molecule has 0 fully saturated rings. The highest BCUT2D eigenvalue weighted by molar-refractivity contribution is 5.94. The molecule has 0 heterocycles. The molecule has 0 aromatic heterocycles. The van der Waals surface area contributed by atoms with Crippen LogP contribution in [-0.2, 0) is 30.4 Å². The fourth-order valence-electron chi connectivity index (χ4n) is 3.10.